The number of halogens is 3. The molecule has 0 atom stereocenters. The SMILES string of the molecule is CCCc1cc(CNC)cc(N(C)CC(F)(F)F)n1. The van der Waals surface area contributed by atoms with Crippen LogP contribution in [0.5, 0.6) is 0 Å². The van der Waals surface area contributed by atoms with Crippen LogP contribution in [0, 0.1) is 0 Å². The topological polar surface area (TPSA) is 28.2 Å². The Bertz CT molecular complexity index is 380. The Kier molecular flexibility index (Phi) is 5.60. The van der Waals surface area contributed by atoms with Gasteiger partial charge in [-0.1, -0.05) is 13.3 Å². The zero-order valence-electron chi connectivity index (χ0n) is 11.5. The van der Waals surface area contributed by atoms with Crippen molar-refractivity contribution in [2.45, 2.75) is 32.5 Å². The molecule has 0 saturated heterocycles. The maximum Gasteiger partial charge on any atom is 0.405 e. The normalized spacial score (nSPS) is 11.7. The smallest absolute Gasteiger partial charge is 0.351 e. The number of rotatable bonds is 6. The minimum Gasteiger partial charge on any atom is -0.351 e. The van der Waals surface area contributed by atoms with Gasteiger partial charge in [-0.2, -0.15) is 13.2 Å². The predicted octanol–water partition coefficient (Wildman–Crippen LogP) is 2.75. The molecule has 0 aliphatic rings. The lowest BCUT2D eigenvalue weighted by molar-refractivity contribution is -0.119. The Morgan fingerprint density at radius 2 is 2.00 bits per heavy atom. The van der Waals surface area contributed by atoms with Crippen molar-refractivity contribution in [3.8, 4) is 0 Å². The Morgan fingerprint density at radius 1 is 1.32 bits per heavy atom. The molecule has 1 rings (SSSR count). The van der Waals surface area contributed by atoms with Crippen molar-refractivity contribution in [3.63, 3.8) is 0 Å². The van der Waals surface area contributed by atoms with Crippen molar-refractivity contribution in [1.29, 1.82) is 0 Å². The van der Waals surface area contributed by atoms with Crippen molar-refractivity contribution in [1.82, 2.24) is 10.3 Å². The number of nitrogens with one attached hydrogen (secondary N) is 1. The van der Waals surface area contributed by atoms with Gasteiger partial charge in [0.25, 0.3) is 0 Å². The lowest BCUT2D eigenvalue weighted by atomic mass is 10.1. The van der Waals surface area contributed by atoms with Gasteiger partial charge in [0.2, 0.25) is 0 Å². The first kappa shape index (κ1) is 15.8. The molecule has 1 heterocycles. The Morgan fingerprint density at radius 3 is 2.53 bits per heavy atom. The van der Waals surface area contributed by atoms with Gasteiger partial charge in [0.05, 0.1) is 0 Å². The fourth-order valence-electron chi connectivity index (χ4n) is 1.87. The first-order valence-corrected chi connectivity index (χ1v) is 6.28. The lowest BCUT2D eigenvalue weighted by Gasteiger charge is -2.21. The van der Waals surface area contributed by atoms with Gasteiger partial charge in [-0.3, -0.25) is 0 Å². The van der Waals surface area contributed by atoms with Crippen molar-refractivity contribution in [3.05, 3.63) is 23.4 Å². The summed E-state index contributed by atoms with van der Waals surface area (Å²) in [6.45, 7) is 1.65. The summed E-state index contributed by atoms with van der Waals surface area (Å²) in [4.78, 5) is 5.42. The van der Waals surface area contributed by atoms with E-state index < -0.39 is 12.7 Å². The maximum atomic E-state index is 12.4. The standard InChI is InChI=1S/C13H20F3N3/c1-4-5-11-6-10(8-17-2)7-12(18-11)19(3)9-13(14,15)16/h6-7,17H,4-5,8-9H2,1-3H3. The van der Waals surface area contributed by atoms with E-state index in [9.17, 15) is 13.2 Å². The highest BCUT2D eigenvalue weighted by atomic mass is 19.4. The molecule has 0 bridgehead atoms. The summed E-state index contributed by atoms with van der Waals surface area (Å²) in [6, 6.07) is 3.63. The molecule has 108 valence electrons. The summed E-state index contributed by atoms with van der Waals surface area (Å²) in [5, 5.41) is 3.00. The molecule has 1 N–H and O–H groups in total. The molecule has 1 aromatic rings. The first-order valence-electron chi connectivity index (χ1n) is 6.28. The van der Waals surface area contributed by atoms with Crippen LogP contribution in [-0.4, -0.2) is 31.8 Å². The van der Waals surface area contributed by atoms with Crippen LogP contribution in [0.15, 0.2) is 12.1 Å². The largest absolute Gasteiger partial charge is 0.405 e. The molecule has 0 amide bonds. The molecule has 0 aliphatic heterocycles. The lowest BCUT2D eigenvalue weighted by Crippen LogP contribution is -2.31. The number of aryl methyl sites for hydroxylation is 1. The second kappa shape index (κ2) is 6.75. The van der Waals surface area contributed by atoms with E-state index in [1.807, 2.05) is 13.0 Å². The molecule has 0 aromatic carbocycles. The highest BCUT2D eigenvalue weighted by Crippen LogP contribution is 2.21. The van der Waals surface area contributed by atoms with Gasteiger partial charge in [-0.25, -0.2) is 4.98 Å². The van der Waals surface area contributed by atoms with Crippen LogP contribution in [0.1, 0.15) is 24.6 Å². The predicted molar refractivity (Wildman–Crippen MR) is 70.3 cm³/mol. The van der Waals surface area contributed by atoms with Gasteiger partial charge in [0, 0.05) is 19.3 Å². The summed E-state index contributed by atoms with van der Waals surface area (Å²) < 4.78 is 37.2. The zero-order valence-corrected chi connectivity index (χ0v) is 11.5. The monoisotopic (exact) mass is 275 g/mol. The van der Waals surface area contributed by atoms with Crippen LogP contribution in [0.3, 0.4) is 0 Å². The van der Waals surface area contributed by atoms with Crippen LogP contribution < -0.4 is 10.2 Å². The average molecular weight is 275 g/mol. The van der Waals surface area contributed by atoms with Crippen LogP contribution in [0.4, 0.5) is 19.0 Å². The van der Waals surface area contributed by atoms with Crippen molar-refractivity contribution < 1.29 is 13.2 Å². The number of alkyl halides is 3. The third kappa shape index (κ3) is 5.46. The molecule has 6 heteroatoms. The summed E-state index contributed by atoms with van der Waals surface area (Å²) in [7, 11) is 3.22. The molecule has 1 aromatic heterocycles. The molecular weight excluding hydrogens is 255 g/mol. The summed E-state index contributed by atoms with van der Waals surface area (Å²) in [6.07, 6.45) is -2.54. The van der Waals surface area contributed by atoms with Gasteiger partial charge < -0.3 is 10.2 Å². The van der Waals surface area contributed by atoms with Crippen LogP contribution in [0.2, 0.25) is 0 Å². The minimum atomic E-state index is -4.22. The molecule has 0 unspecified atom stereocenters. The van der Waals surface area contributed by atoms with Crippen LogP contribution in [-0.2, 0) is 13.0 Å². The minimum absolute atomic E-state index is 0.369. The molecule has 0 radical (unpaired) electrons. The molecule has 0 saturated carbocycles. The summed E-state index contributed by atoms with van der Waals surface area (Å²) in [5.74, 6) is 0.369. The Balaban J connectivity index is 2.97. The van der Waals surface area contributed by atoms with Gasteiger partial charge in [-0.05, 0) is 31.2 Å². The third-order valence-electron chi connectivity index (χ3n) is 2.62. The number of hydrogen-bond donors (Lipinski definition) is 1. The van der Waals surface area contributed by atoms with Gasteiger partial charge in [-0.15, -0.1) is 0 Å². The van der Waals surface area contributed by atoms with E-state index in [2.05, 4.69) is 10.3 Å². The van der Waals surface area contributed by atoms with E-state index >= 15 is 0 Å². The summed E-state index contributed by atoms with van der Waals surface area (Å²) >= 11 is 0. The fourth-order valence-corrected chi connectivity index (χ4v) is 1.87. The second-order valence-corrected chi connectivity index (χ2v) is 4.58. The first-order chi connectivity index (χ1) is 8.85. The van der Waals surface area contributed by atoms with Crippen molar-refractivity contribution in [2.75, 3.05) is 25.5 Å². The number of hydrogen-bond acceptors (Lipinski definition) is 3. The molecule has 0 spiro atoms. The van der Waals surface area contributed by atoms with Gasteiger partial charge >= 0.3 is 6.18 Å². The Labute approximate surface area is 111 Å². The summed E-state index contributed by atoms with van der Waals surface area (Å²) in [5.41, 5.74) is 1.78. The van der Waals surface area contributed by atoms with Crippen molar-refractivity contribution >= 4 is 5.82 Å². The molecular formula is C13H20F3N3. The maximum absolute atomic E-state index is 12.4. The number of pyridine rings is 1. The van der Waals surface area contributed by atoms with E-state index in [0.717, 1.165) is 29.0 Å². The second-order valence-electron chi connectivity index (χ2n) is 4.58. The zero-order chi connectivity index (χ0) is 14.5. The van der Waals surface area contributed by atoms with Crippen LogP contribution >= 0.6 is 0 Å². The third-order valence-corrected chi connectivity index (χ3v) is 2.62. The van der Waals surface area contributed by atoms with Crippen LogP contribution in [0.25, 0.3) is 0 Å². The average Bonchev–Trinajstić information content (AvgIpc) is 2.27. The van der Waals surface area contributed by atoms with E-state index in [4.69, 9.17) is 0 Å². The highest BCUT2D eigenvalue weighted by Gasteiger charge is 2.29. The number of aromatic nitrogens is 1. The number of anilines is 1. The molecule has 0 aliphatic carbocycles. The number of nitrogens with zero attached hydrogens (tertiary/aromatic N) is 2. The quantitative estimate of drug-likeness (QED) is 0.865. The van der Waals surface area contributed by atoms with Crippen molar-refractivity contribution in [2.24, 2.45) is 0 Å². The Hall–Kier alpha value is -1.30. The van der Waals surface area contributed by atoms with Gasteiger partial charge in [0.15, 0.2) is 0 Å². The van der Waals surface area contributed by atoms with E-state index in [1.54, 1.807) is 13.1 Å². The fraction of sp³-hybridized carbons (Fsp3) is 0.615. The highest BCUT2D eigenvalue weighted by molar-refractivity contribution is 5.42. The van der Waals surface area contributed by atoms with E-state index in [0.29, 0.717) is 12.4 Å². The van der Waals surface area contributed by atoms with Gasteiger partial charge in [0.1, 0.15) is 12.4 Å². The van der Waals surface area contributed by atoms with E-state index in [1.165, 1.54) is 7.05 Å². The molecule has 19 heavy (non-hydrogen) atoms. The molecule has 0 fully saturated rings. The van der Waals surface area contributed by atoms with E-state index in [-0.39, 0.29) is 0 Å². The molecule has 3 nitrogen and oxygen atoms in total.